The normalized spacial score (nSPS) is 15.7. The van der Waals surface area contributed by atoms with E-state index < -0.39 is 10.0 Å². The molecule has 6 nitrogen and oxygen atoms in total. The third kappa shape index (κ3) is 4.79. The molecule has 3 rings (SSSR count). The number of sulfonamides is 1. The second kappa shape index (κ2) is 9.03. The Morgan fingerprint density at radius 3 is 2.25 bits per heavy atom. The summed E-state index contributed by atoms with van der Waals surface area (Å²) < 4.78 is 32.1. The molecule has 1 amide bonds. The Labute approximate surface area is 166 Å². The van der Waals surface area contributed by atoms with Gasteiger partial charge in [-0.1, -0.05) is 30.3 Å². The Bertz CT molecular complexity index is 917. The van der Waals surface area contributed by atoms with E-state index in [1.807, 2.05) is 31.2 Å². The summed E-state index contributed by atoms with van der Waals surface area (Å²) in [6.45, 7) is 3.87. The zero-order valence-corrected chi connectivity index (χ0v) is 16.6. The summed E-state index contributed by atoms with van der Waals surface area (Å²) in [6.07, 6.45) is 3.28. The molecule has 0 aliphatic carbocycles. The standard InChI is InChI=1S/C21H24N2O4S/c1-2-27-19-11-8-18(9-12-19)10-13-21(24)22-14-16-23(17-15-22)28(25,26)20-6-4-3-5-7-20/h3-13H,2,14-17H2,1H3. The average molecular weight is 401 g/mol. The lowest BCUT2D eigenvalue weighted by atomic mass is 10.2. The highest BCUT2D eigenvalue weighted by atomic mass is 32.2. The summed E-state index contributed by atoms with van der Waals surface area (Å²) in [5.74, 6) is 0.673. The van der Waals surface area contributed by atoms with Gasteiger partial charge in [0.05, 0.1) is 11.5 Å². The second-order valence-corrected chi connectivity index (χ2v) is 8.32. The van der Waals surface area contributed by atoms with E-state index in [1.165, 1.54) is 10.4 Å². The molecule has 0 atom stereocenters. The molecule has 0 unspecified atom stereocenters. The molecule has 1 saturated heterocycles. The molecule has 0 radical (unpaired) electrons. The van der Waals surface area contributed by atoms with Gasteiger partial charge < -0.3 is 9.64 Å². The van der Waals surface area contributed by atoms with Crippen molar-refractivity contribution in [3.63, 3.8) is 0 Å². The van der Waals surface area contributed by atoms with Crippen molar-refractivity contribution in [1.82, 2.24) is 9.21 Å². The number of carbonyl (C=O) groups is 1. The first-order chi connectivity index (χ1) is 13.5. The third-order valence-electron chi connectivity index (χ3n) is 4.54. The molecule has 1 fully saturated rings. The number of hydrogen-bond acceptors (Lipinski definition) is 4. The number of nitrogens with zero attached hydrogens (tertiary/aromatic N) is 2. The summed E-state index contributed by atoms with van der Waals surface area (Å²) in [5.41, 5.74) is 0.905. The van der Waals surface area contributed by atoms with Gasteiger partial charge in [-0.15, -0.1) is 0 Å². The molecule has 2 aromatic rings. The van der Waals surface area contributed by atoms with Gasteiger partial charge in [0.25, 0.3) is 0 Å². The third-order valence-corrected chi connectivity index (χ3v) is 6.45. The Hall–Kier alpha value is -2.64. The van der Waals surface area contributed by atoms with Crippen LogP contribution in [0.1, 0.15) is 12.5 Å². The summed E-state index contributed by atoms with van der Waals surface area (Å²) in [7, 11) is -3.51. The van der Waals surface area contributed by atoms with E-state index in [0.717, 1.165) is 11.3 Å². The van der Waals surface area contributed by atoms with E-state index >= 15 is 0 Å². The SMILES string of the molecule is CCOc1ccc(C=CC(=O)N2CCN(S(=O)(=O)c3ccccc3)CC2)cc1. The highest BCUT2D eigenvalue weighted by Gasteiger charge is 2.29. The first-order valence-electron chi connectivity index (χ1n) is 9.26. The largest absolute Gasteiger partial charge is 0.494 e. The quantitative estimate of drug-likeness (QED) is 0.699. The molecule has 1 aliphatic heterocycles. The van der Waals surface area contributed by atoms with Crippen molar-refractivity contribution >= 4 is 22.0 Å². The van der Waals surface area contributed by atoms with Gasteiger partial charge in [0.15, 0.2) is 0 Å². The molecule has 0 spiro atoms. The van der Waals surface area contributed by atoms with Crippen molar-refractivity contribution in [2.45, 2.75) is 11.8 Å². The molecule has 7 heteroatoms. The van der Waals surface area contributed by atoms with Crippen molar-refractivity contribution in [2.75, 3.05) is 32.8 Å². The Morgan fingerprint density at radius 1 is 1.00 bits per heavy atom. The van der Waals surface area contributed by atoms with Crippen LogP contribution in [-0.4, -0.2) is 56.3 Å². The summed E-state index contributed by atoms with van der Waals surface area (Å²) in [4.78, 5) is 14.4. The van der Waals surface area contributed by atoms with Gasteiger partial charge in [0.2, 0.25) is 15.9 Å². The molecule has 28 heavy (non-hydrogen) atoms. The van der Waals surface area contributed by atoms with Gasteiger partial charge in [-0.2, -0.15) is 4.31 Å². The van der Waals surface area contributed by atoms with E-state index in [0.29, 0.717) is 32.8 Å². The molecular formula is C21H24N2O4S. The van der Waals surface area contributed by atoms with Gasteiger partial charge in [0, 0.05) is 32.3 Å². The lowest BCUT2D eigenvalue weighted by Crippen LogP contribution is -2.50. The van der Waals surface area contributed by atoms with Crippen molar-refractivity contribution < 1.29 is 17.9 Å². The van der Waals surface area contributed by atoms with Crippen LogP contribution in [0.15, 0.2) is 65.6 Å². The van der Waals surface area contributed by atoms with Crippen LogP contribution in [0.25, 0.3) is 6.08 Å². The fourth-order valence-corrected chi connectivity index (χ4v) is 4.45. The predicted octanol–water partition coefficient (Wildman–Crippen LogP) is 2.63. The van der Waals surface area contributed by atoms with Crippen LogP contribution in [0, 0.1) is 0 Å². The maximum absolute atomic E-state index is 12.6. The highest BCUT2D eigenvalue weighted by Crippen LogP contribution is 2.18. The minimum atomic E-state index is -3.51. The van der Waals surface area contributed by atoms with Gasteiger partial charge in [0.1, 0.15) is 5.75 Å². The first-order valence-corrected chi connectivity index (χ1v) is 10.7. The second-order valence-electron chi connectivity index (χ2n) is 6.38. The molecule has 0 aromatic heterocycles. The van der Waals surface area contributed by atoms with Crippen LogP contribution in [0.5, 0.6) is 5.75 Å². The van der Waals surface area contributed by atoms with E-state index in [9.17, 15) is 13.2 Å². The number of rotatable bonds is 6. The average Bonchev–Trinajstić information content (AvgIpc) is 2.74. The van der Waals surface area contributed by atoms with E-state index in [4.69, 9.17) is 4.74 Å². The van der Waals surface area contributed by atoms with E-state index in [2.05, 4.69) is 0 Å². The molecule has 0 bridgehead atoms. The van der Waals surface area contributed by atoms with Crippen molar-refractivity contribution in [1.29, 1.82) is 0 Å². The topological polar surface area (TPSA) is 66.9 Å². The van der Waals surface area contributed by atoms with E-state index in [1.54, 1.807) is 41.3 Å². The van der Waals surface area contributed by atoms with Crippen LogP contribution < -0.4 is 4.74 Å². The zero-order chi connectivity index (χ0) is 20.0. The fourth-order valence-electron chi connectivity index (χ4n) is 3.01. The number of piperazine rings is 1. The van der Waals surface area contributed by atoms with Crippen LogP contribution in [0.2, 0.25) is 0 Å². The Balaban J connectivity index is 1.56. The van der Waals surface area contributed by atoms with Crippen LogP contribution >= 0.6 is 0 Å². The highest BCUT2D eigenvalue weighted by molar-refractivity contribution is 7.89. The smallest absolute Gasteiger partial charge is 0.246 e. The molecular weight excluding hydrogens is 376 g/mol. The molecule has 1 aliphatic rings. The molecule has 0 N–H and O–H groups in total. The number of carbonyl (C=O) groups excluding carboxylic acids is 1. The number of ether oxygens (including phenoxy) is 1. The van der Waals surface area contributed by atoms with Crippen molar-refractivity contribution in [3.8, 4) is 5.75 Å². The van der Waals surface area contributed by atoms with Crippen LogP contribution in [0.3, 0.4) is 0 Å². The Morgan fingerprint density at radius 2 is 1.64 bits per heavy atom. The monoisotopic (exact) mass is 400 g/mol. The number of amides is 1. The number of benzene rings is 2. The minimum Gasteiger partial charge on any atom is -0.494 e. The lowest BCUT2D eigenvalue weighted by Gasteiger charge is -2.33. The van der Waals surface area contributed by atoms with Gasteiger partial charge in [-0.3, -0.25) is 4.79 Å². The van der Waals surface area contributed by atoms with Crippen molar-refractivity contribution in [3.05, 3.63) is 66.2 Å². The molecule has 2 aromatic carbocycles. The summed E-state index contributed by atoms with van der Waals surface area (Å²) >= 11 is 0. The maximum atomic E-state index is 12.6. The predicted molar refractivity (Wildman–Crippen MR) is 108 cm³/mol. The molecule has 148 valence electrons. The fraction of sp³-hybridized carbons (Fsp3) is 0.286. The molecule has 1 heterocycles. The maximum Gasteiger partial charge on any atom is 0.246 e. The lowest BCUT2D eigenvalue weighted by molar-refractivity contribution is -0.127. The van der Waals surface area contributed by atoms with E-state index in [-0.39, 0.29) is 10.8 Å². The molecule has 0 saturated carbocycles. The van der Waals surface area contributed by atoms with Gasteiger partial charge in [-0.05, 0) is 42.8 Å². The zero-order valence-electron chi connectivity index (χ0n) is 15.8. The van der Waals surface area contributed by atoms with Gasteiger partial charge in [-0.25, -0.2) is 8.42 Å². The van der Waals surface area contributed by atoms with Crippen LogP contribution in [0.4, 0.5) is 0 Å². The van der Waals surface area contributed by atoms with Gasteiger partial charge >= 0.3 is 0 Å². The Kier molecular flexibility index (Phi) is 6.49. The summed E-state index contributed by atoms with van der Waals surface area (Å²) in [5, 5.41) is 0. The minimum absolute atomic E-state index is 0.120. The van der Waals surface area contributed by atoms with Crippen molar-refractivity contribution in [2.24, 2.45) is 0 Å². The number of hydrogen-bond donors (Lipinski definition) is 0. The summed E-state index contributed by atoms with van der Waals surface area (Å²) in [6, 6.07) is 15.9. The van der Waals surface area contributed by atoms with Crippen LogP contribution in [-0.2, 0) is 14.8 Å². The first kappa shape index (κ1) is 20.1.